The number of aromatic nitrogens is 1. The molecule has 2 heteroatoms. The first kappa shape index (κ1) is 9.79. The molecule has 1 N–H and O–H groups in total. The van der Waals surface area contributed by atoms with E-state index >= 15 is 0 Å². The molecule has 2 aromatic rings. The molecule has 3 rings (SSSR count). The molecule has 1 aromatic heterocycles. The first-order valence-corrected chi connectivity index (χ1v) is 5.96. The normalized spacial score (nSPS) is 15.5. The van der Waals surface area contributed by atoms with Crippen LogP contribution < -0.4 is 5.32 Å². The van der Waals surface area contributed by atoms with Crippen LogP contribution in [-0.4, -0.2) is 11.5 Å². The summed E-state index contributed by atoms with van der Waals surface area (Å²) < 4.78 is 0. The third-order valence-electron chi connectivity index (χ3n) is 3.20. The molecule has 0 atom stereocenters. The van der Waals surface area contributed by atoms with Crippen LogP contribution in [0.15, 0.2) is 36.7 Å². The summed E-state index contributed by atoms with van der Waals surface area (Å²) in [6.45, 7) is 2.09. The summed E-state index contributed by atoms with van der Waals surface area (Å²) in [6, 6.07) is 8.44. The van der Waals surface area contributed by atoms with E-state index in [9.17, 15) is 0 Å². The lowest BCUT2D eigenvalue weighted by molar-refractivity contribution is 0.640. The number of rotatable bonds is 4. The van der Waals surface area contributed by atoms with Gasteiger partial charge in [-0.25, -0.2) is 0 Å². The third-order valence-corrected chi connectivity index (χ3v) is 3.20. The molecule has 1 aromatic carbocycles. The zero-order chi connectivity index (χ0) is 10.8. The first-order valence-electron chi connectivity index (χ1n) is 5.96. The molecule has 1 aliphatic carbocycles. The highest BCUT2D eigenvalue weighted by molar-refractivity contribution is 5.84. The highest BCUT2D eigenvalue weighted by atomic mass is 14.9. The molecule has 2 nitrogen and oxygen atoms in total. The van der Waals surface area contributed by atoms with Crippen LogP contribution in [-0.2, 0) is 6.54 Å². The van der Waals surface area contributed by atoms with Gasteiger partial charge in [0.25, 0.3) is 0 Å². The topological polar surface area (TPSA) is 24.9 Å². The van der Waals surface area contributed by atoms with Gasteiger partial charge in [-0.05, 0) is 36.3 Å². The van der Waals surface area contributed by atoms with Crippen molar-refractivity contribution in [2.45, 2.75) is 19.4 Å². The van der Waals surface area contributed by atoms with Gasteiger partial charge in [0, 0.05) is 24.3 Å². The van der Waals surface area contributed by atoms with E-state index in [2.05, 4.69) is 34.6 Å². The van der Waals surface area contributed by atoms with E-state index in [-0.39, 0.29) is 0 Å². The molecule has 82 valence electrons. The van der Waals surface area contributed by atoms with Crippen LogP contribution >= 0.6 is 0 Å². The number of nitrogens with one attached hydrogen (secondary N) is 1. The molecular weight excluding hydrogens is 196 g/mol. The Kier molecular flexibility index (Phi) is 2.58. The molecule has 0 unspecified atom stereocenters. The number of fused-ring (bicyclic) bond motifs is 1. The Balaban J connectivity index is 1.79. The standard InChI is InChI=1S/C14H16N2/c1-2-4-14-12(3-1)8-16-10-13(14)9-15-7-11-5-6-11/h1-4,8,10-11,15H,5-7,9H2. The Morgan fingerprint density at radius 1 is 1.19 bits per heavy atom. The predicted molar refractivity (Wildman–Crippen MR) is 66.2 cm³/mol. The second-order valence-corrected chi connectivity index (χ2v) is 4.59. The molecule has 1 saturated carbocycles. The summed E-state index contributed by atoms with van der Waals surface area (Å²) in [5.41, 5.74) is 1.30. The van der Waals surface area contributed by atoms with E-state index in [0.29, 0.717) is 0 Å². The lowest BCUT2D eigenvalue weighted by Gasteiger charge is -2.06. The number of hydrogen-bond donors (Lipinski definition) is 1. The summed E-state index contributed by atoms with van der Waals surface area (Å²) in [7, 11) is 0. The van der Waals surface area contributed by atoms with Crippen LogP contribution in [0, 0.1) is 5.92 Å². The van der Waals surface area contributed by atoms with Gasteiger partial charge in [0.1, 0.15) is 0 Å². The lowest BCUT2D eigenvalue weighted by atomic mass is 10.1. The second-order valence-electron chi connectivity index (χ2n) is 4.59. The van der Waals surface area contributed by atoms with Gasteiger partial charge >= 0.3 is 0 Å². The predicted octanol–water partition coefficient (Wildman–Crippen LogP) is 2.73. The Labute approximate surface area is 95.7 Å². The van der Waals surface area contributed by atoms with Crippen LogP contribution in [0.4, 0.5) is 0 Å². The minimum Gasteiger partial charge on any atom is -0.312 e. The maximum absolute atomic E-state index is 4.29. The van der Waals surface area contributed by atoms with Crippen molar-refractivity contribution < 1.29 is 0 Å². The summed E-state index contributed by atoms with van der Waals surface area (Å²) in [5, 5.41) is 6.07. The Morgan fingerprint density at radius 2 is 2.06 bits per heavy atom. The van der Waals surface area contributed by atoms with Gasteiger partial charge in [-0.3, -0.25) is 4.98 Å². The summed E-state index contributed by atoms with van der Waals surface area (Å²) in [6.07, 6.45) is 6.71. The van der Waals surface area contributed by atoms with Crippen molar-refractivity contribution in [1.29, 1.82) is 0 Å². The summed E-state index contributed by atoms with van der Waals surface area (Å²) >= 11 is 0. The van der Waals surface area contributed by atoms with Crippen molar-refractivity contribution in [2.75, 3.05) is 6.54 Å². The smallest absolute Gasteiger partial charge is 0.0346 e. The fourth-order valence-electron chi connectivity index (χ4n) is 2.05. The quantitative estimate of drug-likeness (QED) is 0.843. The van der Waals surface area contributed by atoms with Crippen LogP contribution in [0.2, 0.25) is 0 Å². The van der Waals surface area contributed by atoms with Crippen LogP contribution in [0.5, 0.6) is 0 Å². The van der Waals surface area contributed by atoms with Crippen molar-refractivity contribution in [1.82, 2.24) is 10.3 Å². The van der Waals surface area contributed by atoms with Crippen molar-refractivity contribution in [3.05, 3.63) is 42.2 Å². The zero-order valence-electron chi connectivity index (χ0n) is 9.32. The minimum atomic E-state index is 0.933. The average molecular weight is 212 g/mol. The Morgan fingerprint density at radius 3 is 2.94 bits per heavy atom. The molecule has 0 amide bonds. The van der Waals surface area contributed by atoms with Crippen molar-refractivity contribution in [3.8, 4) is 0 Å². The van der Waals surface area contributed by atoms with E-state index in [1.807, 2.05) is 12.4 Å². The fraction of sp³-hybridized carbons (Fsp3) is 0.357. The van der Waals surface area contributed by atoms with Gasteiger partial charge in [0.15, 0.2) is 0 Å². The van der Waals surface area contributed by atoms with Gasteiger partial charge in [-0.1, -0.05) is 24.3 Å². The van der Waals surface area contributed by atoms with Crippen LogP contribution in [0.1, 0.15) is 18.4 Å². The van der Waals surface area contributed by atoms with Gasteiger partial charge in [-0.2, -0.15) is 0 Å². The molecule has 0 radical (unpaired) electrons. The number of pyridine rings is 1. The largest absolute Gasteiger partial charge is 0.312 e. The maximum atomic E-state index is 4.29. The molecule has 1 aliphatic rings. The van der Waals surface area contributed by atoms with Gasteiger partial charge < -0.3 is 5.32 Å². The molecule has 0 bridgehead atoms. The molecule has 0 aliphatic heterocycles. The van der Waals surface area contributed by atoms with E-state index in [0.717, 1.165) is 19.0 Å². The molecule has 0 spiro atoms. The molecular formula is C14H16N2. The molecule has 1 fully saturated rings. The highest BCUT2D eigenvalue weighted by Gasteiger charge is 2.20. The van der Waals surface area contributed by atoms with Crippen LogP contribution in [0.25, 0.3) is 10.8 Å². The SMILES string of the molecule is c1ccc2c(CNCC3CC3)cncc2c1. The molecule has 16 heavy (non-hydrogen) atoms. The minimum absolute atomic E-state index is 0.933. The average Bonchev–Trinajstić information content (AvgIpc) is 3.13. The van der Waals surface area contributed by atoms with Gasteiger partial charge in [0.05, 0.1) is 0 Å². The summed E-state index contributed by atoms with van der Waals surface area (Å²) in [4.78, 5) is 4.29. The van der Waals surface area contributed by atoms with E-state index in [1.54, 1.807) is 0 Å². The van der Waals surface area contributed by atoms with Crippen molar-refractivity contribution >= 4 is 10.8 Å². The summed E-state index contributed by atoms with van der Waals surface area (Å²) in [5.74, 6) is 0.933. The first-order chi connectivity index (χ1) is 7.93. The highest BCUT2D eigenvalue weighted by Crippen LogP contribution is 2.27. The van der Waals surface area contributed by atoms with E-state index < -0.39 is 0 Å². The van der Waals surface area contributed by atoms with Crippen molar-refractivity contribution in [2.24, 2.45) is 5.92 Å². The molecule has 1 heterocycles. The van der Waals surface area contributed by atoms with Crippen LogP contribution in [0.3, 0.4) is 0 Å². The van der Waals surface area contributed by atoms with E-state index in [4.69, 9.17) is 0 Å². The van der Waals surface area contributed by atoms with Gasteiger partial charge in [-0.15, -0.1) is 0 Å². The monoisotopic (exact) mass is 212 g/mol. The van der Waals surface area contributed by atoms with E-state index in [1.165, 1.54) is 29.2 Å². The number of hydrogen-bond acceptors (Lipinski definition) is 2. The third kappa shape index (κ3) is 2.07. The molecule has 0 saturated heterocycles. The maximum Gasteiger partial charge on any atom is 0.0346 e. The fourth-order valence-corrected chi connectivity index (χ4v) is 2.05. The van der Waals surface area contributed by atoms with Crippen molar-refractivity contribution in [3.63, 3.8) is 0 Å². The number of benzene rings is 1. The Bertz CT molecular complexity index is 484. The van der Waals surface area contributed by atoms with Gasteiger partial charge in [0.2, 0.25) is 0 Å². The lowest BCUT2D eigenvalue weighted by Crippen LogP contribution is -2.16. The zero-order valence-corrected chi connectivity index (χ0v) is 9.32. The Hall–Kier alpha value is -1.41. The number of nitrogens with zero attached hydrogens (tertiary/aromatic N) is 1. The second kappa shape index (κ2) is 4.22.